The highest BCUT2D eigenvalue weighted by Gasteiger charge is 2.23. The maximum absolute atomic E-state index is 12.2. The highest BCUT2D eigenvalue weighted by Crippen LogP contribution is 2.20. The normalized spacial score (nSPS) is 18.2. The summed E-state index contributed by atoms with van der Waals surface area (Å²) in [6, 6.07) is 17.2. The number of nitrogens with zero attached hydrogens (tertiary/aromatic N) is 1. The molecule has 2 atom stereocenters. The maximum Gasteiger partial charge on any atom is 0.319 e. The van der Waals surface area contributed by atoms with Gasteiger partial charge in [0.05, 0.1) is 0 Å². The van der Waals surface area contributed by atoms with Crippen molar-refractivity contribution < 1.29 is 9.00 Å². The first kappa shape index (κ1) is 16.5. The minimum atomic E-state index is -1.06. The van der Waals surface area contributed by atoms with Crippen molar-refractivity contribution in [2.75, 3.05) is 29.6 Å². The van der Waals surface area contributed by atoms with E-state index in [1.165, 1.54) is 5.69 Å². The predicted octanol–water partition coefficient (Wildman–Crippen LogP) is 2.82. The summed E-state index contributed by atoms with van der Waals surface area (Å²) in [7, 11) is -1.06. The van der Waals surface area contributed by atoms with Crippen LogP contribution in [0.4, 0.5) is 16.2 Å². The van der Waals surface area contributed by atoms with Gasteiger partial charge in [-0.2, -0.15) is 0 Å². The molecule has 126 valence electrons. The van der Waals surface area contributed by atoms with Gasteiger partial charge in [-0.1, -0.05) is 24.3 Å². The van der Waals surface area contributed by atoms with Crippen LogP contribution < -0.4 is 15.5 Å². The standard InChI is InChI=1S/C18H21N3O2S/c1-24(23)17-9-5-6-14(12-17)19-18(22)20-15-10-11-21(13-15)16-7-3-2-4-8-16/h2-9,12,15H,10-11,13H2,1H3,(H2,19,20,22)/t15-,24+/m0/s1. The highest BCUT2D eigenvalue weighted by atomic mass is 32.2. The Hall–Kier alpha value is -2.34. The molecule has 0 saturated carbocycles. The van der Waals surface area contributed by atoms with Crippen LogP contribution in [-0.2, 0) is 10.8 Å². The molecular weight excluding hydrogens is 322 g/mol. The third kappa shape index (κ3) is 4.14. The van der Waals surface area contributed by atoms with Crippen LogP contribution in [0.3, 0.4) is 0 Å². The van der Waals surface area contributed by atoms with Crippen LogP contribution in [0.5, 0.6) is 0 Å². The first-order chi connectivity index (χ1) is 11.6. The summed E-state index contributed by atoms with van der Waals surface area (Å²) in [5, 5.41) is 5.82. The molecule has 24 heavy (non-hydrogen) atoms. The molecule has 2 amide bonds. The molecule has 1 fully saturated rings. The monoisotopic (exact) mass is 343 g/mol. The van der Waals surface area contributed by atoms with Crippen LogP contribution in [0.2, 0.25) is 0 Å². The number of hydrogen-bond acceptors (Lipinski definition) is 3. The zero-order chi connectivity index (χ0) is 16.9. The fraction of sp³-hybridized carbons (Fsp3) is 0.278. The molecule has 0 spiro atoms. The number of hydrogen-bond donors (Lipinski definition) is 2. The molecule has 2 aromatic carbocycles. The number of rotatable bonds is 4. The van der Waals surface area contributed by atoms with E-state index in [0.29, 0.717) is 10.6 Å². The molecular formula is C18H21N3O2S. The third-order valence-corrected chi connectivity index (χ3v) is 4.99. The second-order valence-electron chi connectivity index (χ2n) is 5.85. The van der Waals surface area contributed by atoms with Crippen LogP contribution in [-0.4, -0.2) is 35.6 Å². The first-order valence-electron chi connectivity index (χ1n) is 7.93. The Balaban J connectivity index is 1.54. The number of amides is 2. The van der Waals surface area contributed by atoms with E-state index in [2.05, 4.69) is 27.7 Å². The quantitative estimate of drug-likeness (QED) is 0.897. The smallest absolute Gasteiger partial charge is 0.319 e. The molecule has 0 aromatic heterocycles. The third-order valence-electron chi connectivity index (χ3n) is 4.07. The van der Waals surface area contributed by atoms with Gasteiger partial charge < -0.3 is 15.5 Å². The van der Waals surface area contributed by atoms with Crippen molar-refractivity contribution in [1.82, 2.24) is 5.32 Å². The lowest BCUT2D eigenvalue weighted by atomic mass is 10.2. The van der Waals surface area contributed by atoms with E-state index >= 15 is 0 Å². The number of para-hydroxylation sites is 1. The number of carbonyl (C=O) groups is 1. The van der Waals surface area contributed by atoms with Crippen LogP contribution in [0.1, 0.15) is 6.42 Å². The molecule has 1 saturated heterocycles. The predicted molar refractivity (Wildman–Crippen MR) is 98.0 cm³/mol. The number of carbonyl (C=O) groups excluding carboxylic acids is 1. The summed E-state index contributed by atoms with van der Waals surface area (Å²) in [5.41, 5.74) is 1.83. The van der Waals surface area contributed by atoms with E-state index in [1.54, 1.807) is 30.5 Å². The Bertz CT molecular complexity index is 736. The maximum atomic E-state index is 12.2. The molecule has 1 aliphatic heterocycles. The van der Waals surface area contributed by atoms with Gasteiger partial charge in [-0.15, -0.1) is 0 Å². The summed E-state index contributed by atoms with van der Waals surface area (Å²) in [4.78, 5) is 15.1. The van der Waals surface area contributed by atoms with Crippen molar-refractivity contribution in [1.29, 1.82) is 0 Å². The molecule has 6 heteroatoms. The summed E-state index contributed by atoms with van der Waals surface area (Å²) >= 11 is 0. The lowest BCUT2D eigenvalue weighted by Gasteiger charge is -2.19. The van der Waals surface area contributed by atoms with E-state index in [9.17, 15) is 9.00 Å². The zero-order valence-corrected chi connectivity index (χ0v) is 14.4. The Kier molecular flexibility index (Phi) is 5.15. The number of urea groups is 1. The summed E-state index contributed by atoms with van der Waals surface area (Å²) in [6.45, 7) is 1.73. The molecule has 3 rings (SSSR count). The minimum absolute atomic E-state index is 0.119. The highest BCUT2D eigenvalue weighted by molar-refractivity contribution is 7.84. The average molecular weight is 343 g/mol. The van der Waals surface area contributed by atoms with Gasteiger partial charge in [-0.25, -0.2) is 4.79 Å². The number of benzene rings is 2. The second kappa shape index (κ2) is 7.49. The van der Waals surface area contributed by atoms with Gasteiger partial charge in [-0.05, 0) is 36.8 Å². The second-order valence-corrected chi connectivity index (χ2v) is 7.23. The van der Waals surface area contributed by atoms with Crippen molar-refractivity contribution >= 4 is 28.2 Å². The van der Waals surface area contributed by atoms with Crippen LogP contribution in [0.15, 0.2) is 59.5 Å². The van der Waals surface area contributed by atoms with E-state index in [1.807, 2.05) is 18.2 Å². The van der Waals surface area contributed by atoms with Crippen LogP contribution in [0.25, 0.3) is 0 Å². The van der Waals surface area contributed by atoms with Gasteiger partial charge in [0.2, 0.25) is 0 Å². The lowest BCUT2D eigenvalue weighted by molar-refractivity contribution is 0.249. The Morgan fingerprint density at radius 2 is 1.96 bits per heavy atom. The van der Waals surface area contributed by atoms with Crippen molar-refractivity contribution in [3.63, 3.8) is 0 Å². The van der Waals surface area contributed by atoms with Gasteiger partial charge in [0.25, 0.3) is 0 Å². The van der Waals surface area contributed by atoms with Crippen LogP contribution in [0, 0.1) is 0 Å². The average Bonchev–Trinajstić information content (AvgIpc) is 3.04. The molecule has 1 aliphatic rings. The van der Waals surface area contributed by atoms with Gasteiger partial charge in [-0.3, -0.25) is 4.21 Å². The van der Waals surface area contributed by atoms with Crippen LogP contribution >= 0.6 is 0 Å². The zero-order valence-electron chi connectivity index (χ0n) is 13.6. The Morgan fingerprint density at radius 3 is 2.71 bits per heavy atom. The summed E-state index contributed by atoms with van der Waals surface area (Å²) < 4.78 is 11.5. The largest absolute Gasteiger partial charge is 0.369 e. The molecule has 0 aliphatic carbocycles. The molecule has 5 nitrogen and oxygen atoms in total. The topological polar surface area (TPSA) is 61.4 Å². The molecule has 0 bridgehead atoms. The van der Waals surface area contributed by atoms with E-state index in [-0.39, 0.29) is 12.1 Å². The molecule has 2 aromatic rings. The van der Waals surface area contributed by atoms with Crippen molar-refractivity contribution in [3.8, 4) is 0 Å². The molecule has 0 radical (unpaired) electrons. The van der Waals surface area contributed by atoms with Gasteiger partial charge in [0.1, 0.15) is 0 Å². The Morgan fingerprint density at radius 1 is 1.17 bits per heavy atom. The SMILES string of the molecule is C[S@@](=O)c1cccc(NC(=O)N[C@H]2CCN(c3ccccc3)C2)c1. The van der Waals surface area contributed by atoms with Gasteiger partial charge in [0.15, 0.2) is 0 Å². The lowest BCUT2D eigenvalue weighted by Crippen LogP contribution is -2.39. The van der Waals surface area contributed by atoms with Crippen molar-refractivity contribution in [3.05, 3.63) is 54.6 Å². The molecule has 0 unspecified atom stereocenters. The Labute approximate surface area is 144 Å². The van der Waals surface area contributed by atoms with Gasteiger partial charge in [0, 0.05) is 52.5 Å². The van der Waals surface area contributed by atoms with E-state index in [4.69, 9.17) is 0 Å². The molecule has 1 heterocycles. The van der Waals surface area contributed by atoms with Crippen molar-refractivity contribution in [2.45, 2.75) is 17.4 Å². The van der Waals surface area contributed by atoms with Crippen molar-refractivity contribution in [2.24, 2.45) is 0 Å². The van der Waals surface area contributed by atoms with E-state index in [0.717, 1.165) is 19.5 Å². The number of nitrogens with one attached hydrogen (secondary N) is 2. The number of anilines is 2. The fourth-order valence-corrected chi connectivity index (χ4v) is 3.42. The first-order valence-corrected chi connectivity index (χ1v) is 9.48. The van der Waals surface area contributed by atoms with E-state index < -0.39 is 10.8 Å². The summed E-state index contributed by atoms with van der Waals surface area (Å²) in [5.74, 6) is 0. The van der Waals surface area contributed by atoms with Gasteiger partial charge >= 0.3 is 6.03 Å². The molecule has 2 N–H and O–H groups in total. The minimum Gasteiger partial charge on any atom is -0.369 e. The summed E-state index contributed by atoms with van der Waals surface area (Å²) in [6.07, 6.45) is 2.54. The fourth-order valence-electron chi connectivity index (χ4n) is 2.86.